The van der Waals surface area contributed by atoms with Crippen LogP contribution >= 0.6 is 7.82 Å². The Kier molecular flexibility index (Phi) is 39.9. The smallest absolute Gasteiger partial charge is 0.462 e. The molecule has 0 spiro atoms. The third-order valence-electron chi connectivity index (χ3n) is 9.92. The molecule has 0 amide bonds. The maximum absolute atomic E-state index is 12.6. The first-order valence-electron chi connectivity index (χ1n) is 22.6. The number of phosphoric ester groups is 1. The van der Waals surface area contributed by atoms with Gasteiger partial charge >= 0.3 is 19.8 Å². The number of hydrogen-bond acceptors (Lipinski definition) is 9. The van der Waals surface area contributed by atoms with Crippen LogP contribution in [-0.4, -0.2) is 65.7 Å². The van der Waals surface area contributed by atoms with Gasteiger partial charge in [0.15, 0.2) is 6.10 Å². The zero-order valence-corrected chi connectivity index (χ0v) is 36.3. The zero-order valence-electron chi connectivity index (χ0n) is 35.4. The molecule has 3 N–H and O–H groups in total. The molecule has 0 heterocycles. The first-order valence-corrected chi connectivity index (χ1v) is 24.1. The lowest BCUT2D eigenvalue weighted by atomic mass is 10.0. The number of phosphoric acid groups is 1. The fourth-order valence-corrected chi connectivity index (χ4v) is 7.19. The number of rotatable bonds is 43. The van der Waals surface area contributed by atoms with Gasteiger partial charge in [-0.3, -0.25) is 18.6 Å². The van der Waals surface area contributed by atoms with Gasteiger partial charge in [0, 0.05) is 12.8 Å². The molecule has 10 nitrogen and oxygen atoms in total. The molecule has 0 saturated carbocycles. The van der Waals surface area contributed by atoms with E-state index in [0.29, 0.717) is 12.8 Å². The van der Waals surface area contributed by atoms with Gasteiger partial charge in [0.25, 0.3) is 0 Å². The molecule has 0 aromatic carbocycles. The molecule has 0 aliphatic carbocycles. The van der Waals surface area contributed by atoms with E-state index in [-0.39, 0.29) is 19.4 Å². The van der Waals surface area contributed by atoms with Crippen LogP contribution in [0.4, 0.5) is 0 Å². The highest BCUT2D eigenvalue weighted by molar-refractivity contribution is 7.47. The number of aliphatic hydroxyl groups excluding tert-OH is 2. The molecule has 326 valence electrons. The van der Waals surface area contributed by atoms with Crippen molar-refractivity contribution in [3.8, 4) is 0 Å². The van der Waals surface area contributed by atoms with Crippen molar-refractivity contribution in [2.45, 2.75) is 232 Å². The summed E-state index contributed by atoms with van der Waals surface area (Å²) in [6.07, 6.45) is 39.0. The van der Waals surface area contributed by atoms with Gasteiger partial charge in [0.05, 0.1) is 19.8 Å². The minimum atomic E-state index is -4.61. The third kappa shape index (κ3) is 40.7. The number of allylic oxidation sites excluding steroid dienone is 2. The number of aliphatic hydroxyl groups is 2. The van der Waals surface area contributed by atoms with Gasteiger partial charge in [-0.25, -0.2) is 4.57 Å². The standard InChI is InChI=1S/C44H85O10P/c1-3-5-7-9-11-13-15-17-18-19-20-21-22-23-24-26-27-29-31-33-35-43(47)51-39-42(40-53-55(49,50)52-38-41(46)37-45)54-44(48)36-34-32-30-28-25-16-14-12-10-8-6-4-2/h12,14,41-42,45-46H,3-11,13,15-40H2,1-2H3,(H,49,50)/b14-12+/t41-,42-/m1/s1. The van der Waals surface area contributed by atoms with Crippen molar-refractivity contribution in [1.82, 2.24) is 0 Å². The summed E-state index contributed by atoms with van der Waals surface area (Å²) >= 11 is 0. The molecule has 0 fully saturated rings. The Labute approximate surface area is 336 Å². The van der Waals surface area contributed by atoms with E-state index in [4.69, 9.17) is 19.1 Å². The van der Waals surface area contributed by atoms with Crippen molar-refractivity contribution in [2.24, 2.45) is 0 Å². The molecule has 0 aliphatic heterocycles. The summed E-state index contributed by atoms with van der Waals surface area (Å²) in [4.78, 5) is 35.0. The monoisotopic (exact) mass is 805 g/mol. The summed E-state index contributed by atoms with van der Waals surface area (Å²) in [5.74, 6) is -0.924. The second kappa shape index (κ2) is 40.9. The minimum absolute atomic E-state index is 0.178. The van der Waals surface area contributed by atoms with Crippen molar-refractivity contribution < 1.29 is 47.8 Å². The van der Waals surface area contributed by atoms with Crippen LogP contribution in [0, 0.1) is 0 Å². The Morgan fingerprint density at radius 2 is 0.891 bits per heavy atom. The number of carbonyl (C=O) groups excluding carboxylic acids is 2. The second-order valence-corrected chi connectivity index (χ2v) is 16.9. The van der Waals surface area contributed by atoms with Crippen LogP contribution < -0.4 is 0 Å². The van der Waals surface area contributed by atoms with E-state index >= 15 is 0 Å². The van der Waals surface area contributed by atoms with Gasteiger partial charge in [-0.15, -0.1) is 0 Å². The highest BCUT2D eigenvalue weighted by Crippen LogP contribution is 2.43. The lowest BCUT2D eigenvalue weighted by Crippen LogP contribution is -2.29. The van der Waals surface area contributed by atoms with Gasteiger partial charge in [-0.1, -0.05) is 180 Å². The SMILES string of the molecule is CCCCC/C=C/CCCCCCCC(=O)O[C@H](COC(=O)CCCCCCCCCCCCCCCCCCCCCC)COP(=O)(O)OC[C@H](O)CO. The molecule has 55 heavy (non-hydrogen) atoms. The third-order valence-corrected chi connectivity index (χ3v) is 10.9. The average molecular weight is 805 g/mol. The molecular formula is C44H85O10P. The first kappa shape index (κ1) is 53.7. The summed E-state index contributed by atoms with van der Waals surface area (Å²) in [6, 6.07) is 0. The molecule has 0 rings (SSSR count). The second-order valence-electron chi connectivity index (χ2n) is 15.4. The minimum Gasteiger partial charge on any atom is -0.462 e. The van der Waals surface area contributed by atoms with E-state index < -0.39 is 51.8 Å². The number of unbranched alkanes of at least 4 members (excludes halogenated alkanes) is 27. The summed E-state index contributed by atoms with van der Waals surface area (Å²) in [6.45, 7) is 2.37. The van der Waals surface area contributed by atoms with Crippen molar-refractivity contribution in [2.75, 3.05) is 26.4 Å². The fraction of sp³-hybridized carbons (Fsp3) is 0.909. The summed E-state index contributed by atoms with van der Waals surface area (Å²) in [5, 5.41) is 18.3. The predicted octanol–water partition coefficient (Wildman–Crippen LogP) is 12.0. The van der Waals surface area contributed by atoms with E-state index in [9.17, 15) is 24.2 Å². The molecule has 0 aliphatic rings. The van der Waals surface area contributed by atoms with Crippen LogP contribution in [0.5, 0.6) is 0 Å². The van der Waals surface area contributed by atoms with E-state index in [1.165, 1.54) is 122 Å². The molecule has 3 atom stereocenters. The summed E-state index contributed by atoms with van der Waals surface area (Å²) in [7, 11) is -4.61. The molecule has 0 radical (unpaired) electrons. The molecule has 1 unspecified atom stereocenters. The lowest BCUT2D eigenvalue weighted by Gasteiger charge is -2.20. The maximum Gasteiger partial charge on any atom is 0.472 e. The Bertz CT molecular complexity index is 930. The van der Waals surface area contributed by atoms with E-state index in [1.807, 2.05) is 0 Å². The fourth-order valence-electron chi connectivity index (χ4n) is 6.40. The molecule has 0 aromatic heterocycles. The highest BCUT2D eigenvalue weighted by atomic mass is 31.2. The average Bonchev–Trinajstić information content (AvgIpc) is 3.17. The van der Waals surface area contributed by atoms with Gasteiger partial charge in [-0.05, 0) is 38.5 Å². The van der Waals surface area contributed by atoms with Crippen LogP contribution in [0.3, 0.4) is 0 Å². The number of ether oxygens (including phenoxy) is 2. The van der Waals surface area contributed by atoms with Crippen molar-refractivity contribution in [3.05, 3.63) is 12.2 Å². The van der Waals surface area contributed by atoms with Crippen molar-refractivity contribution >= 4 is 19.8 Å². The molecular weight excluding hydrogens is 719 g/mol. The molecule has 0 aromatic rings. The quantitative estimate of drug-likeness (QED) is 0.0235. The summed E-state index contributed by atoms with van der Waals surface area (Å²) < 4.78 is 32.7. The van der Waals surface area contributed by atoms with Crippen LogP contribution in [0.15, 0.2) is 12.2 Å². The number of carbonyl (C=O) groups is 2. The van der Waals surface area contributed by atoms with Crippen LogP contribution in [0.2, 0.25) is 0 Å². The van der Waals surface area contributed by atoms with E-state index in [0.717, 1.165) is 57.8 Å². The highest BCUT2D eigenvalue weighted by Gasteiger charge is 2.27. The van der Waals surface area contributed by atoms with Crippen LogP contribution in [0.25, 0.3) is 0 Å². The molecule has 0 bridgehead atoms. The van der Waals surface area contributed by atoms with Crippen LogP contribution in [-0.2, 0) is 32.7 Å². The largest absolute Gasteiger partial charge is 0.472 e. The first-order chi connectivity index (χ1) is 26.7. The number of hydrogen-bond donors (Lipinski definition) is 3. The van der Waals surface area contributed by atoms with Gasteiger partial charge in [0.2, 0.25) is 0 Å². The molecule has 11 heteroatoms. The predicted molar refractivity (Wildman–Crippen MR) is 224 cm³/mol. The summed E-state index contributed by atoms with van der Waals surface area (Å²) in [5.41, 5.74) is 0. The molecule has 0 saturated heterocycles. The maximum atomic E-state index is 12.6. The Morgan fingerprint density at radius 1 is 0.527 bits per heavy atom. The Hall–Kier alpha value is -1.29. The van der Waals surface area contributed by atoms with E-state index in [1.54, 1.807) is 0 Å². The lowest BCUT2D eigenvalue weighted by molar-refractivity contribution is -0.161. The zero-order chi connectivity index (χ0) is 40.5. The van der Waals surface area contributed by atoms with Crippen LogP contribution in [0.1, 0.15) is 219 Å². The van der Waals surface area contributed by atoms with Crippen molar-refractivity contribution in [3.63, 3.8) is 0 Å². The van der Waals surface area contributed by atoms with Crippen molar-refractivity contribution in [1.29, 1.82) is 0 Å². The van der Waals surface area contributed by atoms with E-state index in [2.05, 4.69) is 30.5 Å². The van der Waals surface area contributed by atoms with Gasteiger partial charge < -0.3 is 24.6 Å². The Balaban J connectivity index is 4.17. The van der Waals surface area contributed by atoms with Gasteiger partial charge in [-0.2, -0.15) is 0 Å². The Morgan fingerprint density at radius 3 is 1.35 bits per heavy atom. The normalized spacial score (nSPS) is 13.9. The topological polar surface area (TPSA) is 149 Å². The van der Waals surface area contributed by atoms with Gasteiger partial charge in [0.1, 0.15) is 12.7 Å². The number of esters is 2.